The fraction of sp³-hybridized carbons (Fsp3) is 0.400. The molecule has 0 spiro atoms. The Kier molecular flexibility index (Phi) is 4.41. The first-order valence-electron chi connectivity index (χ1n) is 5.19. The summed E-state index contributed by atoms with van der Waals surface area (Å²) in [4.78, 5) is 36.4. The third kappa shape index (κ3) is 3.30. The van der Waals surface area contributed by atoms with Crippen molar-refractivity contribution < 1.29 is 19.2 Å². The predicted octanol–water partition coefficient (Wildman–Crippen LogP) is 0.558. The third-order valence-electron chi connectivity index (χ3n) is 2.13. The molecule has 98 valence electrons. The zero-order valence-electron chi connectivity index (χ0n) is 10.0. The van der Waals surface area contributed by atoms with Gasteiger partial charge in [0, 0.05) is 13.1 Å². The standard InChI is InChI=1S/C10H13N3O5/c1-3-18-9(14)6-12(2)10(15)8-4-7(5-11-8)13(16)17/h4-5,11H,3,6H2,1-2H3. The molecule has 0 radical (unpaired) electrons. The molecule has 18 heavy (non-hydrogen) atoms. The van der Waals surface area contributed by atoms with E-state index < -0.39 is 16.8 Å². The van der Waals surface area contributed by atoms with Crippen LogP contribution in [0.4, 0.5) is 5.69 Å². The molecule has 8 nitrogen and oxygen atoms in total. The lowest BCUT2D eigenvalue weighted by atomic mass is 10.3. The molecule has 0 unspecified atom stereocenters. The lowest BCUT2D eigenvalue weighted by Gasteiger charge is -2.14. The normalized spacial score (nSPS) is 9.89. The molecule has 0 atom stereocenters. The molecule has 0 saturated heterocycles. The zero-order valence-corrected chi connectivity index (χ0v) is 10.0. The van der Waals surface area contributed by atoms with E-state index in [9.17, 15) is 19.7 Å². The molecular formula is C10H13N3O5. The molecule has 0 aliphatic rings. The molecule has 0 aromatic carbocycles. The minimum absolute atomic E-state index is 0.0495. The summed E-state index contributed by atoms with van der Waals surface area (Å²) in [5.41, 5.74) is -0.156. The van der Waals surface area contributed by atoms with Gasteiger partial charge in [-0.25, -0.2) is 0 Å². The second kappa shape index (κ2) is 5.80. The van der Waals surface area contributed by atoms with Gasteiger partial charge in [-0.1, -0.05) is 0 Å². The minimum Gasteiger partial charge on any atom is -0.465 e. The van der Waals surface area contributed by atoms with E-state index in [2.05, 4.69) is 4.98 Å². The monoisotopic (exact) mass is 255 g/mol. The van der Waals surface area contributed by atoms with Gasteiger partial charge in [0.1, 0.15) is 12.2 Å². The summed E-state index contributed by atoms with van der Waals surface area (Å²) >= 11 is 0. The van der Waals surface area contributed by atoms with Gasteiger partial charge in [0.15, 0.2) is 0 Å². The van der Waals surface area contributed by atoms with Crippen LogP contribution in [0.1, 0.15) is 17.4 Å². The lowest BCUT2D eigenvalue weighted by molar-refractivity contribution is -0.384. The molecule has 1 aromatic rings. The Morgan fingerprint density at radius 3 is 2.72 bits per heavy atom. The number of amides is 1. The topological polar surface area (TPSA) is 106 Å². The summed E-state index contributed by atoms with van der Waals surface area (Å²) in [5.74, 6) is -1.05. The van der Waals surface area contributed by atoms with Crippen molar-refractivity contribution in [3.05, 3.63) is 28.1 Å². The molecule has 0 saturated carbocycles. The Hall–Kier alpha value is -2.38. The minimum atomic E-state index is -0.612. The predicted molar refractivity (Wildman–Crippen MR) is 61.0 cm³/mol. The highest BCUT2D eigenvalue weighted by molar-refractivity contribution is 5.94. The smallest absolute Gasteiger partial charge is 0.325 e. The Bertz CT molecular complexity index is 468. The van der Waals surface area contributed by atoms with Gasteiger partial charge < -0.3 is 14.6 Å². The molecular weight excluding hydrogens is 242 g/mol. The first-order chi connectivity index (χ1) is 8.45. The van der Waals surface area contributed by atoms with Crippen LogP contribution in [0.5, 0.6) is 0 Å². The van der Waals surface area contributed by atoms with Crippen molar-refractivity contribution in [3.8, 4) is 0 Å². The van der Waals surface area contributed by atoms with Crippen LogP contribution < -0.4 is 0 Å². The van der Waals surface area contributed by atoms with Crippen LogP contribution in [0.15, 0.2) is 12.3 Å². The maximum Gasteiger partial charge on any atom is 0.325 e. The second-order valence-electron chi connectivity index (χ2n) is 3.49. The van der Waals surface area contributed by atoms with Crippen LogP contribution >= 0.6 is 0 Å². The van der Waals surface area contributed by atoms with Crippen molar-refractivity contribution in [3.63, 3.8) is 0 Å². The molecule has 1 rings (SSSR count). The molecule has 1 N–H and O–H groups in total. The number of hydrogen-bond acceptors (Lipinski definition) is 5. The number of esters is 1. The van der Waals surface area contributed by atoms with E-state index in [-0.39, 0.29) is 24.5 Å². The van der Waals surface area contributed by atoms with Crippen LogP contribution in [-0.4, -0.2) is 46.9 Å². The number of likely N-dealkylation sites (N-methyl/N-ethyl adjacent to an activating group) is 1. The van der Waals surface area contributed by atoms with E-state index in [0.29, 0.717) is 0 Å². The molecule has 0 aliphatic heterocycles. The van der Waals surface area contributed by atoms with E-state index in [1.165, 1.54) is 7.05 Å². The number of ether oxygens (including phenoxy) is 1. The lowest BCUT2D eigenvalue weighted by Crippen LogP contribution is -2.33. The molecule has 0 fully saturated rings. The van der Waals surface area contributed by atoms with Crippen LogP contribution in [0.25, 0.3) is 0 Å². The third-order valence-corrected chi connectivity index (χ3v) is 2.13. The van der Waals surface area contributed by atoms with Gasteiger partial charge in [-0.05, 0) is 6.92 Å². The molecule has 1 amide bonds. The molecule has 8 heteroatoms. The van der Waals surface area contributed by atoms with E-state index >= 15 is 0 Å². The van der Waals surface area contributed by atoms with Crippen molar-refractivity contribution in [1.82, 2.24) is 9.88 Å². The highest BCUT2D eigenvalue weighted by Crippen LogP contribution is 2.13. The first kappa shape index (κ1) is 13.7. The fourth-order valence-corrected chi connectivity index (χ4v) is 1.29. The van der Waals surface area contributed by atoms with Gasteiger partial charge in [0.25, 0.3) is 11.6 Å². The summed E-state index contributed by atoms with van der Waals surface area (Å²) in [7, 11) is 1.41. The number of carbonyl (C=O) groups excluding carboxylic acids is 2. The van der Waals surface area contributed by atoms with Crippen molar-refractivity contribution >= 4 is 17.6 Å². The van der Waals surface area contributed by atoms with Gasteiger partial charge in [-0.3, -0.25) is 19.7 Å². The average Bonchev–Trinajstić information content (AvgIpc) is 2.77. The maximum atomic E-state index is 11.8. The Balaban J connectivity index is 2.68. The van der Waals surface area contributed by atoms with Crippen LogP contribution in [0, 0.1) is 10.1 Å². The van der Waals surface area contributed by atoms with E-state index in [1.807, 2.05) is 0 Å². The summed E-state index contributed by atoms with van der Waals surface area (Å²) in [6.07, 6.45) is 1.12. The van der Waals surface area contributed by atoms with Crippen molar-refractivity contribution in [1.29, 1.82) is 0 Å². The Morgan fingerprint density at radius 2 is 2.22 bits per heavy atom. The van der Waals surface area contributed by atoms with Gasteiger partial charge >= 0.3 is 5.97 Å². The molecule has 0 aliphatic carbocycles. The summed E-state index contributed by atoms with van der Waals surface area (Å²) in [6, 6.07) is 1.12. The van der Waals surface area contributed by atoms with E-state index in [1.54, 1.807) is 6.92 Å². The van der Waals surface area contributed by atoms with Gasteiger partial charge in [-0.2, -0.15) is 0 Å². The number of aromatic nitrogens is 1. The van der Waals surface area contributed by atoms with Crippen LogP contribution in [0.2, 0.25) is 0 Å². The highest BCUT2D eigenvalue weighted by atomic mass is 16.6. The Labute approximate surface area is 103 Å². The largest absolute Gasteiger partial charge is 0.465 e. The molecule has 0 bridgehead atoms. The highest BCUT2D eigenvalue weighted by Gasteiger charge is 2.19. The second-order valence-corrected chi connectivity index (χ2v) is 3.49. The summed E-state index contributed by atoms with van der Waals surface area (Å²) in [6.45, 7) is 1.68. The SMILES string of the molecule is CCOC(=O)CN(C)C(=O)c1cc([N+](=O)[O-])c[nH]1. The average molecular weight is 255 g/mol. The quantitative estimate of drug-likeness (QED) is 0.470. The number of hydrogen-bond donors (Lipinski definition) is 1. The van der Waals surface area contributed by atoms with Crippen molar-refractivity contribution in [2.24, 2.45) is 0 Å². The number of nitrogens with zero attached hydrogens (tertiary/aromatic N) is 2. The van der Waals surface area contributed by atoms with Gasteiger partial charge in [0.05, 0.1) is 17.7 Å². The van der Waals surface area contributed by atoms with E-state index in [0.717, 1.165) is 17.2 Å². The number of H-pyrrole nitrogens is 1. The zero-order chi connectivity index (χ0) is 13.7. The number of nitro groups is 1. The molecule has 1 aromatic heterocycles. The summed E-state index contributed by atoms with van der Waals surface area (Å²) in [5, 5.41) is 10.5. The number of nitrogens with one attached hydrogen (secondary N) is 1. The van der Waals surface area contributed by atoms with Gasteiger partial charge in [0.2, 0.25) is 0 Å². The Morgan fingerprint density at radius 1 is 1.56 bits per heavy atom. The molecule has 1 heterocycles. The van der Waals surface area contributed by atoms with Crippen LogP contribution in [0.3, 0.4) is 0 Å². The van der Waals surface area contributed by atoms with Gasteiger partial charge in [-0.15, -0.1) is 0 Å². The first-order valence-corrected chi connectivity index (χ1v) is 5.19. The maximum absolute atomic E-state index is 11.8. The number of carbonyl (C=O) groups is 2. The number of aromatic amines is 1. The summed E-state index contributed by atoms with van der Waals surface area (Å²) < 4.78 is 4.69. The van der Waals surface area contributed by atoms with E-state index in [4.69, 9.17) is 4.74 Å². The van der Waals surface area contributed by atoms with Crippen molar-refractivity contribution in [2.45, 2.75) is 6.92 Å². The van der Waals surface area contributed by atoms with Crippen LogP contribution in [-0.2, 0) is 9.53 Å². The number of rotatable bonds is 5. The fourth-order valence-electron chi connectivity index (χ4n) is 1.29. The van der Waals surface area contributed by atoms with Crippen molar-refractivity contribution in [2.75, 3.05) is 20.2 Å².